The van der Waals surface area contributed by atoms with Crippen molar-refractivity contribution in [1.82, 2.24) is 20.2 Å². The average Bonchev–Trinajstić information content (AvgIpc) is 2.81. The molecule has 0 aliphatic rings. The van der Waals surface area contributed by atoms with Crippen LogP contribution < -0.4 is 11.3 Å². The van der Waals surface area contributed by atoms with E-state index in [1.165, 1.54) is 0 Å². The molecule has 18 heavy (non-hydrogen) atoms. The maximum Gasteiger partial charge on any atom is 0.106 e. The third-order valence-corrected chi connectivity index (χ3v) is 3.13. The van der Waals surface area contributed by atoms with E-state index in [4.69, 9.17) is 29.0 Å². The molecule has 0 amide bonds. The Morgan fingerprint density at radius 3 is 2.89 bits per heavy atom. The van der Waals surface area contributed by atoms with E-state index in [2.05, 4.69) is 15.5 Å². The number of pyridine rings is 1. The zero-order chi connectivity index (χ0) is 13.1. The summed E-state index contributed by atoms with van der Waals surface area (Å²) in [5.74, 6) is 5.60. The van der Waals surface area contributed by atoms with Gasteiger partial charge in [0.25, 0.3) is 0 Å². The minimum atomic E-state index is -0.322. The summed E-state index contributed by atoms with van der Waals surface area (Å²) in [5, 5.41) is 5.16. The zero-order valence-corrected chi connectivity index (χ0v) is 11.3. The predicted molar refractivity (Wildman–Crippen MR) is 71.3 cm³/mol. The SMILES string of the molecule is CCn1nccc1C(NN)c1ncc(Cl)cc1Cl. The summed E-state index contributed by atoms with van der Waals surface area (Å²) in [7, 11) is 0. The number of halogens is 2. The summed E-state index contributed by atoms with van der Waals surface area (Å²) in [6, 6.07) is 3.19. The number of rotatable bonds is 4. The van der Waals surface area contributed by atoms with Gasteiger partial charge in [-0.2, -0.15) is 5.10 Å². The fourth-order valence-electron chi connectivity index (χ4n) is 1.79. The molecule has 2 aromatic rings. The van der Waals surface area contributed by atoms with Gasteiger partial charge in [0.2, 0.25) is 0 Å². The molecule has 5 nitrogen and oxygen atoms in total. The van der Waals surface area contributed by atoms with Gasteiger partial charge in [0.15, 0.2) is 0 Å². The summed E-state index contributed by atoms with van der Waals surface area (Å²) in [5.41, 5.74) is 4.23. The van der Waals surface area contributed by atoms with Gasteiger partial charge < -0.3 is 0 Å². The lowest BCUT2D eigenvalue weighted by atomic mass is 10.1. The van der Waals surface area contributed by atoms with E-state index in [1.807, 2.05) is 17.7 Å². The Bertz CT molecular complexity index is 540. The molecule has 0 aromatic carbocycles. The number of nitrogens with one attached hydrogen (secondary N) is 1. The van der Waals surface area contributed by atoms with Gasteiger partial charge in [0, 0.05) is 18.9 Å². The smallest absolute Gasteiger partial charge is 0.106 e. The first-order valence-corrected chi connectivity index (χ1v) is 6.21. The fourth-order valence-corrected chi connectivity index (χ4v) is 2.28. The monoisotopic (exact) mass is 285 g/mol. The van der Waals surface area contributed by atoms with Crippen molar-refractivity contribution < 1.29 is 0 Å². The highest BCUT2D eigenvalue weighted by Crippen LogP contribution is 2.27. The third-order valence-electron chi connectivity index (χ3n) is 2.62. The second-order valence-electron chi connectivity index (χ2n) is 3.69. The number of nitrogens with two attached hydrogens (primary N) is 1. The lowest BCUT2D eigenvalue weighted by Crippen LogP contribution is -2.31. The molecule has 2 heterocycles. The minimum absolute atomic E-state index is 0.322. The predicted octanol–water partition coefficient (Wildman–Crippen LogP) is 2.16. The van der Waals surface area contributed by atoms with Gasteiger partial charge in [-0.15, -0.1) is 0 Å². The Kier molecular flexibility index (Phi) is 4.19. The number of aryl methyl sites for hydroxylation is 1. The van der Waals surface area contributed by atoms with E-state index in [0.29, 0.717) is 15.7 Å². The molecule has 0 spiro atoms. The Morgan fingerprint density at radius 1 is 1.50 bits per heavy atom. The zero-order valence-electron chi connectivity index (χ0n) is 9.77. The Labute approximate surface area is 115 Å². The van der Waals surface area contributed by atoms with Crippen LogP contribution >= 0.6 is 23.2 Å². The van der Waals surface area contributed by atoms with Crippen LogP contribution in [0.4, 0.5) is 0 Å². The quantitative estimate of drug-likeness (QED) is 0.667. The van der Waals surface area contributed by atoms with Crippen molar-refractivity contribution >= 4 is 23.2 Å². The van der Waals surface area contributed by atoms with Crippen LogP contribution in [0.5, 0.6) is 0 Å². The van der Waals surface area contributed by atoms with E-state index < -0.39 is 0 Å². The Morgan fingerprint density at radius 2 is 2.28 bits per heavy atom. The molecule has 0 aliphatic carbocycles. The summed E-state index contributed by atoms with van der Waals surface area (Å²) < 4.78 is 1.83. The van der Waals surface area contributed by atoms with Gasteiger partial charge in [-0.1, -0.05) is 23.2 Å². The summed E-state index contributed by atoms with van der Waals surface area (Å²) in [6.45, 7) is 2.74. The van der Waals surface area contributed by atoms with Gasteiger partial charge in [0.1, 0.15) is 6.04 Å². The third kappa shape index (κ3) is 2.49. The topological polar surface area (TPSA) is 68.8 Å². The number of hydrazine groups is 1. The van der Waals surface area contributed by atoms with Gasteiger partial charge >= 0.3 is 0 Å². The van der Waals surface area contributed by atoms with E-state index in [9.17, 15) is 0 Å². The second-order valence-corrected chi connectivity index (χ2v) is 4.54. The first-order chi connectivity index (χ1) is 8.67. The number of hydrogen-bond donors (Lipinski definition) is 2. The molecule has 0 bridgehead atoms. The molecule has 0 aliphatic heterocycles. The van der Waals surface area contributed by atoms with Crippen LogP contribution in [0.25, 0.3) is 0 Å². The van der Waals surface area contributed by atoms with E-state index in [-0.39, 0.29) is 6.04 Å². The van der Waals surface area contributed by atoms with E-state index in [1.54, 1.807) is 18.5 Å². The number of nitrogens with zero attached hydrogens (tertiary/aromatic N) is 3. The van der Waals surface area contributed by atoms with Gasteiger partial charge in [-0.3, -0.25) is 15.5 Å². The number of hydrogen-bond acceptors (Lipinski definition) is 4. The molecule has 2 aromatic heterocycles. The largest absolute Gasteiger partial charge is 0.270 e. The van der Waals surface area contributed by atoms with Crippen molar-refractivity contribution in [2.24, 2.45) is 5.84 Å². The van der Waals surface area contributed by atoms with Gasteiger partial charge in [0.05, 0.1) is 21.4 Å². The molecule has 3 N–H and O–H groups in total. The highest BCUT2D eigenvalue weighted by Gasteiger charge is 2.20. The standard InChI is InChI=1S/C11H13Cl2N5/c1-2-18-9(3-4-16-18)11(17-14)10-8(13)5-7(12)6-15-10/h3-6,11,17H,2,14H2,1H3. The van der Waals surface area contributed by atoms with Crippen LogP contribution in [0.2, 0.25) is 10.0 Å². The molecule has 0 saturated heterocycles. The average molecular weight is 286 g/mol. The van der Waals surface area contributed by atoms with Crippen LogP contribution in [0, 0.1) is 0 Å². The molecule has 0 saturated carbocycles. The van der Waals surface area contributed by atoms with Crippen LogP contribution in [0.15, 0.2) is 24.5 Å². The first kappa shape index (κ1) is 13.3. The van der Waals surface area contributed by atoms with E-state index in [0.717, 1.165) is 12.2 Å². The fraction of sp³-hybridized carbons (Fsp3) is 0.273. The van der Waals surface area contributed by atoms with Crippen LogP contribution in [-0.4, -0.2) is 14.8 Å². The summed E-state index contributed by atoms with van der Waals surface area (Å²) in [4.78, 5) is 4.23. The van der Waals surface area contributed by atoms with Crippen molar-refractivity contribution in [2.75, 3.05) is 0 Å². The van der Waals surface area contributed by atoms with Crippen molar-refractivity contribution in [3.63, 3.8) is 0 Å². The molecular weight excluding hydrogens is 273 g/mol. The van der Waals surface area contributed by atoms with Crippen molar-refractivity contribution in [3.05, 3.63) is 46.0 Å². The normalized spacial score (nSPS) is 12.7. The summed E-state index contributed by atoms with van der Waals surface area (Å²) >= 11 is 12.0. The van der Waals surface area contributed by atoms with Crippen LogP contribution in [0.1, 0.15) is 24.4 Å². The maximum absolute atomic E-state index is 6.14. The lowest BCUT2D eigenvalue weighted by molar-refractivity contribution is 0.535. The van der Waals surface area contributed by atoms with Gasteiger partial charge in [-0.25, -0.2) is 5.43 Å². The lowest BCUT2D eigenvalue weighted by Gasteiger charge is -2.17. The molecule has 7 heteroatoms. The Hall–Kier alpha value is -1.14. The van der Waals surface area contributed by atoms with Crippen LogP contribution in [-0.2, 0) is 6.54 Å². The summed E-state index contributed by atoms with van der Waals surface area (Å²) in [6.07, 6.45) is 3.26. The minimum Gasteiger partial charge on any atom is -0.270 e. The molecular formula is C11H13Cl2N5. The molecule has 2 rings (SSSR count). The second kappa shape index (κ2) is 5.67. The highest BCUT2D eigenvalue weighted by atomic mass is 35.5. The molecule has 1 unspecified atom stereocenters. The maximum atomic E-state index is 6.14. The highest BCUT2D eigenvalue weighted by molar-refractivity contribution is 6.34. The van der Waals surface area contributed by atoms with Gasteiger partial charge in [-0.05, 0) is 19.1 Å². The molecule has 96 valence electrons. The Balaban J connectivity index is 2.45. The van der Waals surface area contributed by atoms with Crippen molar-refractivity contribution in [3.8, 4) is 0 Å². The molecule has 1 atom stereocenters. The first-order valence-electron chi connectivity index (χ1n) is 5.46. The van der Waals surface area contributed by atoms with E-state index >= 15 is 0 Å². The van der Waals surface area contributed by atoms with Crippen molar-refractivity contribution in [2.45, 2.75) is 19.5 Å². The molecule has 0 radical (unpaired) electrons. The molecule has 0 fully saturated rings. The number of aromatic nitrogens is 3. The van der Waals surface area contributed by atoms with Crippen LogP contribution in [0.3, 0.4) is 0 Å². The van der Waals surface area contributed by atoms with Crippen molar-refractivity contribution in [1.29, 1.82) is 0 Å².